The molecule has 1 aromatic carbocycles. The first kappa shape index (κ1) is 20.8. The van der Waals surface area contributed by atoms with Gasteiger partial charge in [-0.25, -0.2) is 4.79 Å². The van der Waals surface area contributed by atoms with Crippen LogP contribution in [0.5, 0.6) is 0 Å². The van der Waals surface area contributed by atoms with E-state index in [2.05, 4.69) is 22.5 Å². The standard InChI is InChI=1S/C19H31N3O3/c1-15(22(5)16-10-7-6-8-11-16)14-21-17(23)12-9-13-20-18(24)25-19(2,3)4/h6-8,10-11,15H,9,12-14H2,1-5H3,(H,20,24)(H,21,23). The molecule has 0 aliphatic heterocycles. The quantitative estimate of drug-likeness (QED) is 0.708. The number of hydrogen-bond donors (Lipinski definition) is 2. The van der Waals surface area contributed by atoms with E-state index in [1.807, 2.05) is 58.2 Å². The monoisotopic (exact) mass is 349 g/mol. The second-order valence-corrected chi connectivity index (χ2v) is 7.13. The van der Waals surface area contributed by atoms with Crippen LogP contribution in [-0.2, 0) is 9.53 Å². The van der Waals surface area contributed by atoms with Gasteiger partial charge in [0.25, 0.3) is 0 Å². The molecule has 1 aromatic rings. The fourth-order valence-electron chi connectivity index (χ4n) is 2.16. The Balaban J connectivity index is 2.19. The fourth-order valence-corrected chi connectivity index (χ4v) is 2.16. The summed E-state index contributed by atoms with van der Waals surface area (Å²) in [4.78, 5) is 25.5. The summed E-state index contributed by atoms with van der Waals surface area (Å²) >= 11 is 0. The molecular formula is C19H31N3O3. The Morgan fingerprint density at radius 2 is 1.80 bits per heavy atom. The molecule has 2 N–H and O–H groups in total. The second kappa shape index (κ2) is 9.91. The normalized spacial score (nSPS) is 12.2. The molecule has 1 unspecified atom stereocenters. The van der Waals surface area contributed by atoms with Crippen molar-refractivity contribution in [3.63, 3.8) is 0 Å². The van der Waals surface area contributed by atoms with E-state index in [1.54, 1.807) is 0 Å². The Bertz CT molecular complexity index is 541. The van der Waals surface area contributed by atoms with Crippen LogP contribution in [-0.4, -0.2) is 43.8 Å². The van der Waals surface area contributed by atoms with Crippen LogP contribution >= 0.6 is 0 Å². The lowest BCUT2D eigenvalue weighted by Gasteiger charge is -2.27. The number of nitrogens with one attached hydrogen (secondary N) is 2. The minimum atomic E-state index is -0.512. The minimum absolute atomic E-state index is 0.0145. The highest BCUT2D eigenvalue weighted by Crippen LogP contribution is 2.13. The topological polar surface area (TPSA) is 70.7 Å². The SMILES string of the molecule is CC(CNC(=O)CCCNC(=O)OC(C)(C)C)N(C)c1ccccc1. The predicted octanol–water partition coefficient (Wildman–Crippen LogP) is 2.93. The highest BCUT2D eigenvalue weighted by atomic mass is 16.6. The number of alkyl carbamates (subject to hydrolysis) is 1. The van der Waals surface area contributed by atoms with Gasteiger partial charge in [-0.15, -0.1) is 0 Å². The largest absolute Gasteiger partial charge is 0.444 e. The predicted molar refractivity (Wildman–Crippen MR) is 101 cm³/mol. The molecule has 0 saturated carbocycles. The molecule has 0 spiro atoms. The molecule has 0 aliphatic rings. The molecule has 1 atom stereocenters. The molecule has 25 heavy (non-hydrogen) atoms. The van der Waals surface area contributed by atoms with Gasteiger partial charge in [-0.3, -0.25) is 4.79 Å². The number of rotatable bonds is 8. The Morgan fingerprint density at radius 3 is 2.40 bits per heavy atom. The highest BCUT2D eigenvalue weighted by Gasteiger charge is 2.15. The zero-order chi connectivity index (χ0) is 18.9. The van der Waals surface area contributed by atoms with Crippen molar-refractivity contribution in [1.82, 2.24) is 10.6 Å². The fraction of sp³-hybridized carbons (Fsp3) is 0.579. The van der Waals surface area contributed by atoms with Crippen molar-refractivity contribution in [2.24, 2.45) is 0 Å². The van der Waals surface area contributed by atoms with Crippen LogP contribution in [0.25, 0.3) is 0 Å². The van der Waals surface area contributed by atoms with E-state index in [0.717, 1.165) is 5.69 Å². The third kappa shape index (κ3) is 8.98. The summed E-state index contributed by atoms with van der Waals surface area (Å²) in [5.41, 5.74) is 0.605. The van der Waals surface area contributed by atoms with Crippen molar-refractivity contribution in [2.75, 3.05) is 25.0 Å². The first-order valence-corrected chi connectivity index (χ1v) is 8.70. The van der Waals surface area contributed by atoms with Crippen LogP contribution in [0.15, 0.2) is 30.3 Å². The molecule has 0 saturated heterocycles. The highest BCUT2D eigenvalue weighted by molar-refractivity contribution is 5.76. The maximum Gasteiger partial charge on any atom is 0.407 e. The third-order valence-electron chi connectivity index (χ3n) is 3.67. The molecule has 0 radical (unpaired) electrons. The summed E-state index contributed by atoms with van der Waals surface area (Å²) in [7, 11) is 2.01. The molecule has 140 valence electrons. The average molecular weight is 349 g/mol. The maximum absolute atomic E-state index is 11.9. The molecule has 0 fully saturated rings. The van der Waals surface area contributed by atoms with Crippen LogP contribution in [0.3, 0.4) is 0 Å². The van der Waals surface area contributed by atoms with Gasteiger partial charge in [0, 0.05) is 38.3 Å². The smallest absolute Gasteiger partial charge is 0.407 e. The van der Waals surface area contributed by atoms with Crippen LogP contribution in [0.1, 0.15) is 40.5 Å². The number of carbonyl (C=O) groups is 2. The Kier molecular flexibility index (Phi) is 8.25. The van der Waals surface area contributed by atoms with Gasteiger partial charge in [0.05, 0.1) is 0 Å². The Hall–Kier alpha value is -2.24. The first-order valence-electron chi connectivity index (χ1n) is 8.70. The van der Waals surface area contributed by atoms with Crippen molar-refractivity contribution in [1.29, 1.82) is 0 Å². The lowest BCUT2D eigenvalue weighted by atomic mass is 10.2. The van der Waals surface area contributed by atoms with Crippen molar-refractivity contribution in [2.45, 2.75) is 52.2 Å². The van der Waals surface area contributed by atoms with E-state index in [1.165, 1.54) is 0 Å². The lowest BCUT2D eigenvalue weighted by molar-refractivity contribution is -0.121. The van der Waals surface area contributed by atoms with Crippen molar-refractivity contribution in [3.05, 3.63) is 30.3 Å². The van der Waals surface area contributed by atoms with Gasteiger partial charge in [0.1, 0.15) is 5.60 Å². The number of ether oxygens (including phenoxy) is 1. The van der Waals surface area contributed by atoms with Crippen LogP contribution < -0.4 is 15.5 Å². The number of para-hydroxylation sites is 1. The van der Waals surface area contributed by atoms with Crippen LogP contribution in [0.4, 0.5) is 10.5 Å². The van der Waals surface area contributed by atoms with Gasteiger partial charge >= 0.3 is 6.09 Å². The molecule has 1 rings (SSSR count). The number of likely N-dealkylation sites (N-methyl/N-ethyl adjacent to an activating group) is 1. The minimum Gasteiger partial charge on any atom is -0.444 e. The van der Waals surface area contributed by atoms with Gasteiger partial charge in [-0.2, -0.15) is 0 Å². The average Bonchev–Trinajstić information content (AvgIpc) is 2.55. The summed E-state index contributed by atoms with van der Waals surface area (Å²) in [5, 5.41) is 5.58. The van der Waals surface area contributed by atoms with Crippen molar-refractivity contribution < 1.29 is 14.3 Å². The second-order valence-electron chi connectivity index (χ2n) is 7.13. The van der Waals surface area contributed by atoms with Gasteiger partial charge in [0.2, 0.25) is 5.91 Å². The molecule has 6 heteroatoms. The summed E-state index contributed by atoms with van der Waals surface area (Å²) in [5.74, 6) is -0.0145. The van der Waals surface area contributed by atoms with Gasteiger partial charge in [-0.1, -0.05) is 18.2 Å². The zero-order valence-electron chi connectivity index (χ0n) is 16.0. The Morgan fingerprint density at radius 1 is 1.16 bits per heavy atom. The summed E-state index contributed by atoms with van der Waals surface area (Å²) < 4.78 is 5.14. The van der Waals surface area contributed by atoms with E-state index in [4.69, 9.17) is 4.74 Å². The van der Waals surface area contributed by atoms with Crippen LogP contribution in [0, 0.1) is 0 Å². The molecule has 0 aliphatic carbocycles. The van der Waals surface area contributed by atoms with E-state index in [-0.39, 0.29) is 11.9 Å². The third-order valence-corrected chi connectivity index (χ3v) is 3.67. The van der Waals surface area contributed by atoms with Crippen molar-refractivity contribution >= 4 is 17.7 Å². The van der Waals surface area contributed by atoms with Crippen LogP contribution in [0.2, 0.25) is 0 Å². The lowest BCUT2D eigenvalue weighted by Crippen LogP contribution is -2.40. The van der Waals surface area contributed by atoms with E-state index in [9.17, 15) is 9.59 Å². The van der Waals surface area contributed by atoms with E-state index in [0.29, 0.717) is 25.9 Å². The number of hydrogen-bond acceptors (Lipinski definition) is 4. The maximum atomic E-state index is 11.9. The molecule has 0 heterocycles. The molecule has 0 bridgehead atoms. The Labute approximate surface area is 150 Å². The number of nitrogens with zero attached hydrogens (tertiary/aromatic N) is 1. The van der Waals surface area contributed by atoms with Gasteiger partial charge in [0.15, 0.2) is 0 Å². The van der Waals surface area contributed by atoms with Gasteiger partial charge in [-0.05, 0) is 46.2 Å². The van der Waals surface area contributed by atoms with Crippen molar-refractivity contribution in [3.8, 4) is 0 Å². The zero-order valence-corrected chi connectivity index (χ0v) is 16.0. The van der Waals surface area contributed by atoms with E-state index >= 15 is 0 Å². The number of amides is 2. The first-order chi connectivity index (χ1) is 11.7. The number of anilines is 1. The molecule has 0 aromatic heterocycles. The summed E-state index contributed by atoms with van der Waals surface area (Å²) in [6.07, 6.45) is 0.497. The van der Waals surface area contributed by atoms with E-state index < -0.39 is 11.7 Å². The molecular weight excluding hydrogens is 318 g/mol. The number of carbonyl (C=O) groups excluding carboxylic acids is 2. The summed E-state index contributed by atoms with van der Waals surface area (Å²) in [6.45, 7) is 8.50. The summed E-state index contributed by atoms with van der Waals surface area (Å²) in [6, 6.07) is 10.2. The molecule has 2 amide bonds. The number of benzene rings is 1. The molecule has 6 nitrogen and oxygen atoms in total. The van der Waals surface area contributed by atoms with Gasteiger partial charge < -0.3 is 20.3 Å².